The van der Waals surface area contributed by atoms with Gasteiger partial charge in [-0.2, -0.15) is 21.6 Å². The molecule has 0 bridgehead atoms. The number of nitrogens with zero attached hydrogens (tertiary/aromatic N) is 2. The fraction of sp³-hybridized carbons (Fsp3) is 0.111. The first kappa shape index (κ1) is 13.8. The van der Waals surface area contributed by atoms with Crippen LogP contribution in [0.25, 0.3) is 10.9 Å². The summed E-state index contributed by atoms with van der Waals surface area (Å²) in [5.74, 6) is -0.785. The molecule has 0 aliphatic heterocycles. The minimum absolute atomic E-state index is 0.301. The average Bonchev–Trinajstić information content (AvgIpc) is 2.26. The summed E-state index contributed by atoms with van der Waals surface area (Å²) in [4.78, 5) is 0. The van der Waals surface area contributed by atoms with Gasteiger partial charge in [0, 0.05) is 16.5 Å². The van der Waals surface area contributed by atoms with Crippen LogP contribution in [0, 0.1) is 0 Å². The minimum atomic E-state index is -5.77. The third-order valence-corrected chi connectivity index (χ3v) is 3.20. The molecule has 102 valence electrons. The molecule has 10 heteroatoms. The van der Waals surface area contributed by atoms with Crippen molar-refractivity contribution in [3.05, 3.63) is 29.3 Å². The predicted molar refractivity (Wildman–Crippen MR) is 60.2 cm³/mol. The van der Waals surface area contributed by atoms with E-state index in [1.54, 1.807) is 0 Å². The summed E-state index contributed by atoms with van der Waals surface area (Å²) in [6, 6.07) is 5.37. The van der Waals surface area contributed by atoms with Gasteiger partial charge in [-0.1, -0.05) is 11.6 Å². The lowest BCUT2D eigenvalue weighted by molar-refractivity contribution is -0.0501. The maximum Gasteiger partial charge on any atom is 0.534 e. The van der Waals surface area contributed by atoms with Crippen LogP contribution in [0.1, 0.15) is 0 Å². The first-order valence-electron chi connectivity index (χ1n) is 4.63. The number of benzene rings is 1. The molecule has 1 aromatic heterocycles. The van der Waals surface area contributed by atoms with Crippen molar-refractivity contribution in [2.45, 2.75) is 5.51 Å². The molecule has 0 aliphatic carbocycles. The summed E-state index contributed by atoms with van der Waals surface area (Å²) >= 11 is 5.69. The molecule has 2 rings (SSSR count). The van der Waals surface area contributed by atoms with Gasteiger partial charge in [-0.05, 0) is 18.2 Å². The van der Waals surface area contributed by atoms with Gasteiger partial charge in [0.05, 0.1) is 5.52 Å². The molecule has 0 radical (unpaired) electrons. The number of hydrogen-bond donors (Lipinski definition) is 0. The Balaban J connectivity index is 2.42. The second-order valence-electron chi connectivity index (χ2n) is 3.37. The Labute approximate surface area is 110 Å². The van der Waals surface area contributed by atoms with Gasteiger partial charge in [-0.15, -0.1) is 10.2 Å². The van der Waals surface area contributed by atoms with Gasteiger partial charge in [-0.3, -0.25) is 0 Å². The summed E-state index contributed by atoms with van der Waals surface area (Å²) in [6.45, 7) is 0. The Bertz CT molecular complexity index is 733. The molecule has 0 atom stereocenters. The monoisotopic (exact) mass is 312 g/mol. The molecule has 0 fully saturated rings. The zero-order valence-corrected chi connectivity index (χ0v) is 10.4. The van der Waals surface area contributed by atoms with Crippen LogP contribution >= 0.6 is 11.6 Å². The summed E-state index contributed by atoms with van der Waals surface area (Å²) in [5, 5.41) is 7.37. The van der Waals surface area contributed by atoms with Crippen LogP contribution in [-0.4, -0.2) is 24.1 Å². The van der Waals surface area contributed by atoms with E-state index in [0.29, 0.717) is 15.9 Å². The number of fused-ring (bicyclic) bond motifs is 1. The standard InChI is InChI=1S/C9H4ClF3N2O3S/c10-6-1-2-7-5(3-6)4-8(15-14-7)18-19(16,17)9(11,12)13/h1-4H. The highest BCUT2D eigenvalue weighted by Gasteiger charge is 2.48. The van der Waals surface area contributed by atoms with Gasteiger partial charge in [-0.25, -0.2) is 0 Å². The molecule has 0 N–H and O–H groups in total. The van der Waals surface area contributed by atoms with Crippen LogP contribution in [0.15, 0.2) is 24.3 Å². The molecular weight excluding hydrogens is 309 g/mol. The molecule has 1 aromatic carbocycles. The van der Waals surface area contributed by atoms with Crippen LogP contribution in [-0.2, 0) is 10.1 Å². The van der Waals surface area contributed by atoms with Crippen molar-refractivity contribution in [3.63, 3.8) is 0 Å². The van der Waals surface area contributed by atoms with E-state index in [4.69, 9.17) is 11.6 Å². The molecular formula is C9H4ClF3N2O3S. The lowest BCUT2D eigenvalue weighted by Crippen LogP contribution is -2.28. The van der Waals surface area contributed by atoms with Crippen molar-refractivity contribution < 1.29 is 25.8 Å². The van der Waals surface area contributed by atoms with E-state index < -0.39 is 21.5 Å². The van der Waals surface area contributed by atoms with E-state index in [1.165, 1.54) is 18.2 Å². The molecule has 19 heavy (non-hydrogen) atoms. The molecule has 0 saturated carbocycles. The van der Waals surface area contributed by atoms with E-state index in [-0.39, 0.29) is 0 Å². The Kier molecular flexibility index (Phi) is 3.27. The summed E-state index contributed by atoms with van der Waals surface area (Å²) in [5.41, 5.74) is -5.20. The van der Waals surface area contributed by atoms with Crippen LogP contribution in [0.5, 0.6) is 5.88 Å². The van der Waals surface area contributed by atoms with E-state index in [9.17, 15) is 21.6 Å². The highest BCUT2D eigenvalue weighted by Crippen LogP contribution is 2.27. The zero-order valence-electron chi connectivity index (χ0n) is 8.85. The van der Waals surface area contributed by atoms with Gasteiger partial charge in [0.15, 0.2) is 0 Å². The summed E-state index contributed by atoms with van der Waals surface area (Å²) in [7, 11) is -5.77. The second-order valence-corrected chi connectivity index (χ2v) is 5.34. The Morgan fingerprint density at radius 1 is 1.16 bits per heavy atom. The van der Waals surface area contributed by atoms with E-state index in [0.717, 1.165) is 6.07 Å². The quantitative estimate of drug-likeness (QED) is 0.629. The van der Waals surface area contributed by atoms with Gasteiger partial charge < -0.3 is 4.18 Å². The van der Waals surface area contributed by atoms with Crippen LogP contribution in [0.4, 0.5) is 13.2 Å². The smallest absolute Gasteiger partial charge is 0.354 e. The van der Waals surface area contributed by atoms with Gasteiger partial charge in [0.25, 0.3) is 5.88 Å². The maximum atomic E-state index is 12.1. The average molecular weight is 313 g/mol. The largest absolute Gasteiger partial charge is 0.534 e. The second kappa shape index (κ2) is 4.49. The molecule has 0 aliphatic rings. The number of rotatable bonds is 2. The topological polar surface area (TPSA) is 69.2 Å². The highest BCUT2D eigenvalue weighted by atomic mass is 35.5. The van der Waals surface area contributed by atoms with Crippen LogP contribution in [0.2, 0.25) is 5.02 Å². The SMILES string of the molecule is O=S(=O)(Oc1cc2cc(Cl)ccc2nn1)C(F)(F)F. The first-order valence-corrected chi connectivity index (χ1v) is 6.41. The number of alkyl halides is 3. The van der Waals surface area contributed by atoms with Crippen molar-refractivity contribution in [1.82, 2.24) is 10.2 Å². The minimum Gasteiger partial charge on any atom is -0.354 e. The lowest BCUT2D eigenvalue weighted by atomic mass is 10.2. The molecule has 0 amide bonds. The maximum absolute atomic E-state index is 12.1. The Hall–Kier alpha value is -1.61. The van der Waals surface area contributed by atoms with Crippen LogP contribution in [0.3, 0.4) is 0 Å². The highest BCUT2D eigenvalue weighted by molar-refractivity contribution is 7.87. The summed E-state index contributed by atoms with van der Waals surface area (Å²) < 4.78 is 61.8. The first-order chi connectivity index (χ1) is 8.69. The fourth-order valence-corrected chi connectivity index (χ4v) is 1.78. The number of aromatic nitrogens is 2. The Morgan fingerprint density at radius 3 is 2.47 bits per heavy atom. The molecule has 0 saturated heterocycles. The third-order valence-electron chi connectivity index (χ3n) is 2.00. The molecule has 5 nitrogen and oxygen atoms in total. The lowest BCUT2D eigenvalue weighted by Gasteiger charge is -2.08. The molecule has 0 spiro atoms. The van der Waals surface area contributed by atoms with E-state index in [1.807, 2.05) is 0 Å². The van der Waals surface area contributed by atoms with Crippen molar-refractivity contribution in [3.8, 4) is 5.88 Å². The van der Waals surface area contributed by atoms with Crippen molar-refractivity contribution in [2.75, 3.05) is 0 Å². The van der Waals surface area contributed by atoms with Crippen molar-refractivity contribution in [2.24, 2.45) is 0 Å². The number of halogens is 4. The van der Waals surface area contributed by atoms with Gasteiger partial charge in [0.1, 0.15) is 0 Å². The van der Waals surface area contributed by atoms with Gasteiger partial charge in [0.2, 0.25) is 0 Å². The van der Waals surface area contributed by atoms with E-state index in [2.05, 4.69) is 14.4 Å². The van der Waals surface area contributed by atoms with Crippen molar-refractivity contribution >= 4 is 32.6 Å². The fourth-order valence-electron chi connectivity index (χ4n) is 1.20. The summed E-state index contributed by atoms with van der Waals surface area (Å²) in [6.07, 6.45) is 0. The molecule has 0 unspecified atom stereocenters. The van der Waals surface area contributed by atoms with E-state index >= 15 is 0 Å². The molecule has 2 aromatic rings. The zero-order chi connectivity index (χ0) is 14.3. The Morgan fingerprint density at radius 2 is 1.84 bits per heavy atom. The molecule has 1 heterocycles. The van der Waals surface area contributed by atoms with Crippen LogP contribution < -0.4 is 4.18 Å². The van der Waals surface area contributed by atoms with Gasteiger partial charge >= 0.3 is 15.6 Å². The van der Waals surface area contributed by atoms with Crippen molar-refractivity contribution in [1.29, 1.82) is 0 Å². The number of hydrogen-bond acceptors (Lipinski definition) is 5. The predicted octanol–water partition coefficient (Wildman–Crippen LogP) is 2.51. The third kappa shape index (κ3) is 2.87. The normalized spacial score (nSPS) is 12.6.